The summed E-state index contributed by atoms with van der Waals surface area (Å²) in [4.78, 5) is 15.1. The minimum Gasteiger partial charge on any atom is -0.361 e. The van der Waals surface area contributed by atoms with Crippen LogP contribution in [0, 0.1) is 18.8 Å². The number of hydrogen-bond acceptors (Lipinski definition) is 1. The van der Waals surface area contributed by atoms with Crippen LogP contribution in [0.25, 0.3) is 10.9 Å². The molecular formula is C20H18N2O. The molecule has 0 saturated heterocycles. The number of carbonyl (C=O) groups is 1. The van der Waals surface area contributed by atoms with Gasteiger partial charge in [0.2, 0.25) is 0 Å². The normalized spacial score (nSPS) is 10.1. The van der Waals surface area contributed by atoms with Gasteiger partial charge >= 0.3 is 0 Å². The van der Waals surface area contributed by atoms with Crippen LogP contribution in [0.3, 0.4) is 0 Å². The van der Waals surface area contributed by atoms with Crippen molar-refractivity contribution in [2.24, 2.45) is 0 Å². The van der Waals surface area contributed by atoms with Crippen molar-refractivity contribution >= 4 is 16.8 Å². The number of H-pyrrole nitrogens is 1. The number of nitrogens with one attached hydrogen (secondary N) is 2. The number of carbonyl (C=O) groups excluding carboxylic acids is 1. The summed E-state index contributed by atoms with van der Waals surface area (Å²) in [5.41, 5.74) is 4.28. The Bertz CT molecular complexity index is 896. The highest BCUT2D eigenvalue weighted by Crippen LogP contribution is 2.17. The molecule has 0 spiro atoms. The number of aromatic nitrogens is 1. The van der Waals surface area contributed by atoms with Crippen LogP contribution in [-0.4, -0.2) is 17.4 Å². The van der Waals surface area contributed by atoms with Gasteiger partial charge in [-0.05, 0) is 36.6 Å². The predicted octanol–water partition coefficient (Wildman–Crippen LogP) is 3.19. The number of fused-ring (bicyclic) bond motifs is 1. The lowest BCUT2D eigenvalue weighted by Gasteiger charge is -2.00. The van der Waals surface area contributed by atoms with E-state index in [9.17, 15) is 4.79 Å². The van der Waals surface area contributed by atoms with E-state index >= 15 is 0 Å². The maximum absolute atomic E-state index is 11.8. The molecular weight excluding hydrogens is 284 g/mol. The molecule has 3 rings (SSSR count). The van der Waals surface area contributed by atoms with Crippen molar-refractivity contribution in [3.8, 4) is 11.8 Å². The Morgan fingerprint density at radius 2 is 1.91 bits per heavy atom. The van der Waals surface area contributed by atoms with Crippen molar-refractivity contribution in [3.05, 3.63) is 71.4 Å². The molecule has 0 unspecified atom stereocenters. The number of para-hydroxylation sites is 1. The van der Waals surface area contributed by atoms with Crippen molar-refractivity contribution in [1.29, 1.82) is 0 Å². The molecule has 1 aromatic heterocycles. The number of benzene rings is 2. The molecule has 3 aromatic rings. The first kappa shape index (κ1) is 14.9. The molecule has 23 heavy (non-hydrogen) atoms. The van der Waals surface area contributed by atoms with Gasteiger partial charge in [0.05, 0.1) is 0 Å². The molecule has 0 radical (unpaired) electrons. The van der Waals surface area contributed by atoms with Gasteiger partial charge in [0.25, 0.3) is 5.91 Å². The quantitative estimate of drug-likeness (QED) is 0.717. The maximum Gasteiger partial charge on any atom is 0.296 e. The second kappa shape index (κ2) is 6.85. The summed E-state index contributed by atoms with van der Waals surface area (Å²) in [5.74, 6) is 5.32. The van der Waals surface area contributed by atoms with E-state index in [2.05, 4.69) is 28.2 Å². The van der Waals surface area contributed by atoms with Gasteiger partial charge in [0, 0.05) is 35.1 Å². The first-order valence-electron chi connectivity index (χ1n) is 7.64. The molecule has 3 heteroatoms. The van der Waals surface area contributed by atoms with Crippen LogP contribution in [0.5, 0.6) is 0 Å². The van der Waals surface area contributed by atoms with Gasteiger partial charge in [0.1, 0.15) is 0 Å². The van der Waals surface area contributed by atoms with Crippen molar-refractivity contribution < 1.29 is 4.79 Å². The lowest BCUT2D eigenvalue weighted by Crippen LogP contribution is -2.23. The van der Waals surface area contributed by atoms with E-state index in [-0.39, 0.29) is 5.91 Å². The average Bonchev–Trinajstić information content (AvgIpc) is 2.98. The molecule has 1 amide bonds. The molecule has 0 saturated carbocycles. The van der Waals surface area contributed by atoms with Gasteiger partial charge in [-0.2, -0.15) is 0 Å². The summed E-state index contributed by atoms with van der Waals surface area (Å²) >= 11 is 0. The lowest BCUT2D eigenvalue weighted by molar-refractivity contribution is -0.115. The van der Waals surface area contributed by atoms with E-state index in [1.54, 1.807) is 0 Å². The van der Waals surface area contributed by atoms with E-state index < -0.39 is 0 Å². The zero-order valence-corrected chi connectivity index (χ0v) is 13.0. The second-order valence-electron chi connectivity index (χ2n) is 5.43. The zero-order valence-electron chi connectivity index (χ0n) is 13.0. The molecule has 3 nitrogen and oxygen atoms in total. The van der Waals surface area contributed by atoms with Crippen molar-refractivity contribution in [3.63, 3.8) is 0 Å². The Balaban J connectivity index is 1.57. The Labute approximate surface area is 135 Å². The summed E-state index contributed by atoms with van der Waals surface area (Å²) in [6, 6.07) is 15.9. The van der Waals surface area contributed by atoms with Crippen LogP contribution in [0.4, 0.5) is 0 Å². The molecule has 0 atom stereocenters. The summed E-state index contributed by atoms with van der Waals surface area (Å²) in [7, 11) is 0. The molecule has 0 aliphatic heterocycles. The third-order valence-corrected chi connectivity index (χ3v) is 3.81. The summed E-state index contributed by atoms with van der Waals surface area (Å²) in [5, 5.41) is 4.05. The van der Waals surface area contributed by atoms with E-state index in [1.165, 1.54) is 10.9 Å². The number of aryl methyl sites for hydroxylation is 1. The number of aromatic amines is 1. The molecule has 0 aliphatic carbocycles. The molecule has 114 valence electrons. The molecule has 2 aromatic carbocycles. The number of amides is 1. The summed E-state index contributed by atoms with van der Waals surface area (Å²) in [6.45, 7) is 2.56. The van der Waals surface area contributed by atoms with Gasteiger partial charge in [-0.25, -0.2) is 0 Å². The van der Waals surface area contributed by atoms with Crippen LogP contribution in [0.1, 0.15) is 16.7 Å². The summed E-state index contributed by atoms with van der Waals surface area (Å²) in [6.07, 6.45) is 2.78. The molecule has 0 bridgehead atoms. The third kappa shape index (κ3) is 3.61. The van der Waals surface area contributed by atoms with E-state index in [1.807, 2.05) is 55.6 Å². The van der Waals surface area contributed by atoms with E-state index in [0.717, 1.165) is 23.1 Å². The van der Waals surface area contributed by atoms with Crippen LogP contribution in [0.2, 0.25) is 0 Å². The monoisotopic (exact) mass is 302 g/mol. The average molecular weight is 302 g/mol. The first-order chi connectivity index (χ1) is 11.2. The standard InChI is InChI=1S/C20H18N2O/c1-15-6-2-3-7-16(15)10-11-20(23)21-13-12-17-14-22-19-9-5-4-8-18(17)19/h2-9,14,22H,12-13H2,1H3,(H,21,23). The van der Waals surface area contributed by atoms with E-state index in [0.29, 0.717) is 6.54 Å². The highest BCUT2D eigenvalue weighted by Gasteiger charge is 2.03. The fourth-order valence-corrected chi connectivity index (χ4v) is 2.53. The largest absolute Gasteiger partial charge is 0.361 e. The fourth-order valence-electron chi connectivity index (χ4n) is 2.53. The molecule has 0 aliphatic rings. The number of hydrogen-bond donors (Lipinski definition) is 2. The predicted molar refractivity (Wildman–Crippen MR) is 93.1 cm³/mol. The molecule has 0 fully saturated rings. The maximum atomic E-state index is 11.8. The van der Waals surface area contributed by atoms with Crippen LogP contribution >= 0.6 is 0 Å². The fraction of sp³-hybridized carbons (Fsp3) is 0.150. The highest BCUT2D eigenvalue weighted by molar-refractivity contribution is 5.94. The highest BCUT2D eigenvalue weighted by atomic mass is 16.1. The molecule has 2 N–H and O–H groups in total. The van der Waals surface area contributed by atoms with Crippen LogP contribution in [0.15, 0.2) is 54.7 Å². The topological polar surface area (TPSA) is 44.9 Å². The van der Waals surface area contributed by atoms with E-state index in [4.69, 9.17) is 0 Å². The van der Waals surface area contributed by atoms with Crippen molar-refractivity contribution in [2.45, 2.75) is 13.3 Å². The van der Waals surface area contributed by atoms with Crippen LogP contribution in [-0.2, 0) is 11.2 Å². The van der Waals surface area contributed by atoms with Gasteiger partial charge in [-0.3, -0.25) is 4.79 Å². The SMILES string of the molecule is Cc1ccccc1C#CC(=O)NCCc1c[nH]c2ccccc12. The Hall–Kier alpha value is -2.99. The van der Waals surface area contributed by atoms with Gasteiger partial charge in [-0.15, -0.1) is 0 Å². The summed E-state index contributed by atoms with van der Waals surface area (Å²) < 4.78 is 0. The van der Waals surface area contributed by atoms with Gasteiger partial charge in [0.15, 0.2) is 0 Å². The Kier molecular flexibility index (Phi) is 4.44. The number of rotatable bonds is 3. The van der Waals surface area contributed by atoms with Crippen molar-refractivity contribution in [2.75, 3.05) is 6.54 Å². The third-order valence-electron chi connectivity index (χ3n) is 3.81. The minimum atomic E-state index is -0.243. The zero-order chi connectivity index (χ0) is 16.1. The Morgan fingerprint density at radius 1 is 1.13 bits per heavy atom. The Morgan fingerprint density at radius 3 is 2.78 bits per heavy atom. The molecule has 1 heterocycles. The van der Waals surface area contributed by atoms with Gasteiger partial charge in [-0.1, -0.05) is 42.3 Å². The lowest BCUT2D eigenvalue weighted by atomic mass is 10.1. The van der Waals surface area contributed by atoms with Crippen molar-refractivity contribution in [1.82, 2.24) is 10.3 Å². The van der Waals surface area contributed by atoms with Crippen LogP contribution < -0.4 is 5.32 Å². The smallest absolute Gasteiger partial charge is 0.296 e. The van der Waals surface area contributed by atoms with Gasteiger partial charge < -0.3 is 10.3 Å². The minimum absolute atomic E-state index is 0.243. The second-order valence-corrected chi connectivity index (χ2v) is 5.43. The first-order valence-corrected chi connectivity index (χ1v) is 7.64.